The third-order valence-corrected chi connectivity index (χ3v) is 2.19. The fraction of sp³-hybridized carbons (Fsp3) is 0.889. The minimum absolute atomic E-state index is 0.00389. The summed E-state index contributed by atoms with van der Waals surface area (Å²) in [4.78, 5) is 4.16. The maximum Gasteiger partial charge on any atom is 0.0504 e. The van der Waals surface area contributed by atoms with Gasteiger partial charge in [-0.15, -0.1) is 0 Å². The van der Waals surface area contributed by atoms with Gasteiger partial charge in [-0.3, -0.25) is 4.99 Å². The van der Waals surface area contributed by atoms with Gasteiger partial charge in [0, 0.05) is 12.8 Å². The lowest BCUT2D eigenvalue weighted by Crippen LogP contribution is -2.46. The average molecular weight is 171 g/mol. The highest BCUT2D eigenvalue weighted by Crippen LogP contribution is 2.04. The van der Waals surface area contributed by atoms with Crippen LogP contribution in [0.4, 0.5) is 0 Å². The largest absolute Gasteiger partial charge is 0.330 e. The van der Waals surface area contributed by atoms with Gasteiger partial charge in [-0.1, -0.05) is 0 Å². The predicted molar refractivity (Wildman–Crippen MR) is 54.8 cm³/mol. The molecule has 0 spiro atoms. The van der Waals surface area contributed by atoms with Crippen molar-refractivity contribution in [2.24, 2.45) is 10.7 Å². The molecular weight excluding hydrogens is 150 g/mol. The van der Waals surface area contributed by atoms with Gasteiger partial charge < -0.3 is 11.1 Å². The molecule has 0 saturated carbocycles. The summed E-state index contributed by atoms with van der Waals surface area (Å²) in [5, 5.41) is 3.40. The second kappa shape index (κ2) is 5.27. The van der Waals surface area contributed by atoms with Crippen LogP contribution in [0.5, 0.6) is 0 Å². The van der Waals surface area contributed by atoms with E-state index < -0.39 is 0 Å². The normalized spacial score (nSPS) is 13.6. The molecule has 72 valence electrons. The molecule has 0 aliphatic heterocycles. The Kier molecular flexibility index (Phi) is 5.09. The first-order valence-electron chi connectivity index (χ1n) is 4.43. The molecule has 12 heavy (non-hydrogen) atoms. The zero-order chi connectivity index (χ0) is 9.61. The summed E-state index contributed by atoms with van der Waals surface area (Å²) in [6, 6.07) is 0. The molecule has 0 atom stereocenters. The highest BCUT2D eigenvalue weighted by molar-refractivity contribution is 5.90. The summed E-state index contributed by atoms with van der Waals surface area (Å²) in [5.74, 6) is 0. The molecule has 0 heterocycles. The Morgan fingerprint density at radius 2 is 2.08 bits per heavy atom. The Labute approximate surface area is 75.4 Å². The lowest BCUT2D eigenvalue weighted by Gasteiger charge is -2.26. The zero-order valence-corrected chi connectivity index (χ0v) is 8.65. The predicted octanol–water partition coefficient (Wildman–Crippen LogP) is 0.794. The maximum absolute atomic E-state index is 5.40. The highest BCUT2D eigenvalue weighted by atomic mass is 15.0. The second-order valence-electron chi connectivity index (χ2n) is 3.50. The Hall–Kier alpha value is -0.410. The fourth-order valence-corrected chi connectivity index (χ4v) is 0.910. The molecule has 0 fully saturated rings. The third-order valence-electron chi connectivity index (χ3n) is 2.19. The van der Waals surface area contributed by atoms with Crippen molar-refractivity contribution < 1.29 is 0 Å². The summed E-state index contributed by atoms with van der Waals surface area (Å²) < 4.78 is 0. The topological polar surface area (TPSA) is 50.4 Å². The van der Waals surface area contributed by atoms with Crippen LogP contribution >= 0.6 is 0 Å². The minimum Gasteiger partial charge on any atom is -0.330 e. The van der Waals surface area contributed by atoms with E-state index in [2.05, 4.69) is 24.2 Å². The molecule has 0 aromatic rings. The minimum atomic E-state index is 0.00389. The van der Waals surface area contributed by atoms with Gasteiger partial charge >= 0.3 is 0 Å². The van der Waals surface area contributed by atoms with Crippen LogP contribution in [0.3, 0.4) is 0 Å². The van der Waals surface area contributed by atoms with E-state index in [0.29, 0.717) is 0 Å². The molecule has 3 N–H and O–H groups in total. The Morgan fingerprint density at radius 1 is 1.50 bits per heavy atom. The van der Waals surface area contributed by atoms with E-state index in [1.165, 1.54) is 0 Å². The molecule has 0 bridgehead atoms. The lowest BCUT2D eigenvalue weighted by atomic mass is 9.99. The monoisotopic (exact) mass is 171 g/mol. The van der Waals surface area contributed by atoms with E-state index in [1.54, 1.807) is 0 Å². The highest BCUT2D eigenvalue weighted by Gasteiger charge is 2.19. The standard InChI is InChI=1S/C9H21N3/c1-8(11-4)9(2,3)12-7-5-6-10/h12H,5-7,10H2,1-4H3. The van der Waals surface area contributed by atoms with Crippen molar-refractivity contribution in [1.29, 1.82) is 0 Å². The Balaban J connectivity index is 3.87. The number of hydrogen-bond acceptors (Lipinski definition) is 3. The van der Waals surface area contributed by atoms with Crippen molar-refractivity contribution in [2.75, 3.05) is 20.1 Å². The molecule has 0 aliphatic carbocycles. The molecule has 0 aromatic carbocycles. The van der Waals surface area contributed by atoms with Crippen molar-refractivity contribution in [1.82, 2.24) is 5.32 Å². The second-order valence-corrected chi connectivity index (χ2v) is 3.50. The number of nitrogens with one attached hydrogen (secondary N) is 1. The van der Waals surface area contributed by atoms with Crippen molar-refractivity contribution in [3.05, 3.63) is 0 Å². The molecule has 0 rings (SSSR count). The Bertz CT molecular complexity index is 150. The molecule has 0 amide bonds. The van der Waals surface area contributed by atoms with Crippen LogP contribution in [0.15, 0.2) is 4.99 Å². The number of hydrogen-bond donors (Lipinski definition) is 2. The SMILES string of the molecule is CN=C(C)C(C)(C)NCCCN. The van der Waals surface area contributed by atoms with E-state index in [4.69, 9.17) is 5.73 Å². The van der Waals surface area contributed by atoms with Gasteiger partial charge in [-0.05, 0) is 40.3 Å². The van der Waals surface area contributed by atoms with Crippen LogP contribution in [0.25, 0.3) is 0 Å². The lowest BCUT2D eigenvalue weighted by molar-refractivity contribution is 0.496. The maximum atomic E-state index is 5.40. The first-order valence-corrected chi connectivity index (χ1v) is 4.43. The number of nitrogens with two attached hydrogens (primary N) is 1. The van der Waals surface area contributed by atoms with Gasteiger partial charge in [0.25, 0.3) is 0 Å². The van der Waals surface area contributed by atoms with Gasteiger partial charge in [0.05, 0.1) is 5.54 Å². The van der Waals surface area contributed by atoms with E-state index in [-0.39, 0.29) is 5.54 Å². The van der Waals surface area contributed by atoms with Gasteiger partial charge in [0.15, 0.2) is 0 Å². The van der Waals surface area contributed by atoms with Crippen molar-refractivity contribution in [2.45, 2.75) is 32.7 Å². The molecule has 0 aromatic heterocycles. The zero-order valence-electron chi connectivity index (χ0n) is 8.65. The first-order chi connectivity index (χ1) is 5.54. The molecule has 3 nitrogen and oxygen atoms in total. The van der Waals surface area contributed by atoms with Crippen LogP contribution in [0.2, 0.25) is 0 Å². The summed E-state index contributed by atoms with van der Waals surface area (Å²) in [5.41, 5.74) is 6.52. The summed E-state index contributed by atoms with van der Waals surface area (Å²) >= 11 is 0. The quantitative estimate of drug-likeness (QED) is 0.475. The molecule has 0 saturated heterocycles. The summed E-state index contributed by atoms with van der Waals surface area (Å²) in [7, 11) is 1.82. The van der Waals surface area contributed by atoms with Gasteiger partial charge in [-0.25, -0.2) is 0 Å². The van der Waals surface area contributed by atoms with Crippen LogP contribution in [0, 0.1) is 0 Å². The van der Waals surface area contributed by atoms with E-state index in [9.17, 15) is 0 Å². The molecule has 0 radical (unpaired) electrons. The molecule has 3 heteroatoms. The summed E-state index contributed by atoms with van der Waals surface area (Å²) in [6.07, 6.45) is 1.01. The van der Waals surface area contributed by atoms with Crippen molar-refractivity contribution in [3.63, 3.8) is 0 Å². The average Bonchev–Trinajstić information content (AvgIpc) is 2.03. The van der Waals surface area contributed by atoms with Crippen LogP contribution in [-0.4, -0.2) is 31.4 Å². The van der Waals surface area contributed by atoms with Gasteiger partial charge in [0.2, 0.25) is 0 Å². The van der Waals surface area contributed by atoms with Crippen molar-refractivity contribution in [3.8, 4) is 0 Å². The first kappa shape index (κ1) is 11.6. The van der Waals surface area contributed by atoms with Gasteiger partial charge in [0.1, 0.15) is 0 Å². The number of rotatable bonds is 5. The Morgan fingerprint density at radius 3 is 2.50 bits per heavy atom. The molecule has 0 unspecified atom stereocenters. The smallest absolute Gasteiger partial charge is 0.0504 e. The fourth-order valence-electron chi connectivity index (χ4n) is 0.910. The van der Waals surface area contributed by atoms with Crippen LogP contribution in [-0.2, 0) is 0 Å². The number of nitrogens with zero attached hydrogens (tertiary/aromatic N) is 1. The number of aliphatic imine (C=N–C) groups is 1. The van der Waals surface area contributed by atoms with E-state index >= 15 is 0 Å². The molecular formula is C9H21N3. The molecule has 0 aliphatic rings. The summed E-state index contributed by atoms with van der Waals surface area (Å²) in [6.45, 7) is 7.99. The third kappa shape index (κ3) is 3.83. The van der Waals surface area contributed by atoms with Gasteiger partial charge in [-0.2, -0.15) is 0 Å². The van der Waals surface area contributed by atoms with Crippen LogP contribution < -0.4 is 11.1 Å². The van der Waals surface area contributed by atoms with E-state index in [1.807, 2.05) is 14.0 Å². The van der Waals surface area contributed by atoms with E-state index in [0.717, 1.165) is 25.2 Å². The van der Waals surface area contributed by atoms with Crippen molar-refractivity contribution >= 4 is 5.71 Å². The van der Waals surface area contributed by atoms with Crippen LogP contribution in [0.1, 0.15) is 27.2 Å².